The minimum absolute atomic E-state index is 0.189. The molecule has 2 atom stereocenters. The van der Waals surface area contributed by atoms with E-state index in [1.165, 1.54) is 6.33 Å². The SMILES string of the molecule is CCCC(O)c1cc(C)c(-n2cc3ccc(NC(=O)[C@H]4CCO4)nc3c3ncnc2-3)cn1. The summed E-state index contributed by atoms with van der Waals surface area (Å²) < 4.78 is 7.17. The van der Waals surface area contributed by atoms with Crippen molar-refractivity contribution in [2.45, 2.75) is 45.3 Å². The summed E-state index contributed by atoms with van der Waals surface area (Å²) in [5.41, 5.74) is 3.77. The van der Waals surface area contributed by atoms with Crippen LogP contribution >= 0.6 is 0 Å². The molecular weight excluding hydrogens is 408 g/mol. The number of aliphatic hydroxyl groups excluding tert-OH is 1. The van der Waals surface area contributed by atoms with Crippen LogP contribution in [0.15, 0.2) is 36.9 Å². The summed E-state index contributed by atoms with van der Waals surface area (Å²) in [6, 6.07) is 5.57. The summed E-state index contributed by atoms with van der Waals surface area (Å²) in [5.74, 6) is 0.903. The Morgan fingerprint density at radius 2 is 2.19 bits per heavy atom. The number of fused-ring (bicyclic) bond motifs is 3. The van der Waals surface area contributed by atoms with Crippen molar-refractivity contribution in [2.75, 3.05) is 11.9 Å². The molecule has 2 N–H and O–H groups in total. The lowest BCUT2D eigenvalue weighted by molar-refractivity contribution is -0.139. The third kappa shape index (κ3) is 3.59. The molecule has 0 spiro atoms. The predicted molar refractivity (Wildman–Crippen MR) is 119 cm³/mol. The van der Waals surface area contributed by atoms with Gasteiger partial charge < -0.3 is 15.2 Å². The van der Waals surface area contributed by atoms with Crippen LogP contribution < -0.4 is 5.32 Å². The number of carbonyl (C=O) groups is 1. The number of hydrogen-bond donors (Lipinski definition) is 2. The van der Waals surface area contributed by atoms with Crippen molar-refractivity contribution in [3.8, 4) is 17.2 Å². The van der Waals surface area contributed by atoms with Gasteiger partial charge >= 0.3 is 0 Å². The number of carbonyl (C=O) groups excluding carboxylic acids is 1. The lowest BCUT2D eigenvalue weighted by Gasteiger charge is -2.24. The zero-order valence-corrected chi connectivity index (χ0v) is 17.9. The molecule has 5 rings (SSSR count). The largest absolute Gasteiger partial charge is 0.387 e. The first-order valence-electron chi connectivity index (χ1n) is 10.8. The van der Waals surface area contributed by atoms with Gasteiger partial charge in [-0.15, -0.1) is 0 Å². The van der Waals surface area contributed by atoms with E-state index in [4.69, 9.17) is 4.74 Å². The van der Waals surface area contributed by atoms with E-state index in [1.807, 2.05) is 36.7 Å². The number of aliphatic hydroxyl groups is 1. The van der Waals surface area contributed by atoms with Gasteiger partial charge in [-0.1, -0.05) is 13.3 Å². The number of ether oxygens (including phenoxy) is 1. The van der Waals surface area contributed by atoms with Gasteiger partial charge in [-0.3, -0.25) is 14.3 Å². The normalized spacial score (nSPS) is 16.8. The Balaban J connectivity index is 1.54. The third-order valence-corrected chi connectivity index (χ3v) is 5.74. The first kappa shape index (κ1) is 20.5. The molecule has 3 aliphatic rings. The van der Waals surface area contributed by atoms with E-state index in [0.717, 1.165) is 29.5 Å². The van der Waals surface area contributed by atoms with Crippen molar-refractivity contribution in [3.05, 3.63) is 48.2 Å². The fourth-order valence-corrected chi connectivity index (χ4v) is 3.90. The molecule has 0 radical (unpaired) electrons. The van der Waals surface area contributed by atoms with Gasteiger partial charge in [0.2, 0.25) is 0 Å². The number of imidazole rings is 1. The zero-order valence-electron chi connectivity index (χ0n) is 17.9. The van der Waals surface area contributed by atoms with Crippen molar-refractivity contribution in [1.29, 1.82) is 0 Å². The van der Waals surface area contributed by atoms with Gasteiger partial charge in [0.15, 0.2) is 5.82 Å². The summed E-state index contributed by atoms with van der Waals surface area (Å²) in [6.45, 7) is 4.63. The Hall–Kier alpha value is -3.43. The number of pyridine rings is 3. The summed E-state index contributed by atoms with van der Waals surface area (Å²) in [7, 11) is 0. The highest BCUT2D eigenvalue weighted by molar-refractivity contribution is 5.97. The minimum Gasteiger partial charge on any atom is -0.387 e. The molecular formula is C23H24N6O3. The topological polar surface area (TPSA) is 115 Å². The molecule has 5 heterocycles. The predicted octanol–water partition coefficient (Wildman–Crippen LogP) is 3.18. The third-order valence-electron chi connectivity index (χ3n) is 5.74. The number of amides is 1. The van der Waals surface area contributed by atoms with Crippen molar-refractivity contribution in [1.82, 2.24) is 24.5 Å². The molecule has 1 amide bonds. The number of rotatable bonds is 6. The second-order valence-electron chi connectivity index (χ2n) is 8.02. The highest BCUT2D eigenvalue weighted by atomic mass is 16.5. The second-order valence-corrected chi connectivity index (χ2v) is 8.02. The second kappa shape index (κ2) is 8.25. The Morgan fingerprint density at radius 3 is 2.91 bits per heavy atom. The molecule has 0 saturated carbocycles. The molecule has 1 fully saturated rings. The Kier molecular flexibility index (Phi) is 5.28. The highest BCUT2D eigenvalue weighted by Crippen LogP contribution is 2.31. The van der Waals surface area contributed by atoms with E-state index in [9.17, 15) is 9.90 Å². The van der Waals surface area contributed by atoms with Gasteiger partial charge in [0.1, 0.15) is 29.5 Å². The van der Waals surface area contributed by atoms with E-state index in [0.29, 0.717) is 41.6 Å². The standard InChI is InChI=1S/C23H24N6O3/c1-3-4-17(30)15-9-13(2)16(10-24-15)29-11-14-5-6-19(28-23(31)18-7-8-32-18)27-20(14)21-22(29)26-12-25-21/h5-6,9-12,17-18,30H,3-4,7-8H2,1-2H3,(H,27,28,31)/t17?,18-/m1/s1. The van der Waals surface area contributed by atoms with Crippen LogP contribution in [0.2, 0.25) is 0 Å². The molecule has 164 valence electrons. The molecule has 2 aromatic heterocycles. The van der Waals surface area contributed by atoms with E-state index in [2.05, 4.69) is 25.3 Å². The smallest absolute Gasteiger partial charge is 0.254 e. The molecule has 2 aromatic rings. The van der Waals surface area contributed by atoms with Crippen molar-refractivity contribution in [3.63, 3.8) is 0 Å². The molecule has 3 aliphatic heterocycles. The van der Waals surface area contributed by atoms with E-state index < -0.39 is 12.2 Å². The summed E-state index contributed by atoms with van der Waals surface area (Å²) >= 11 is 0. The average molecular weight is 432 g/mol. The number of nitrogens with one attached hydrogen (secondary N) is 1. The minimum atomic E-state index is -0.573. The summed E-state index contributed by atoms with van der Waals surface area (Å²) in [5, 5.41) is 14.0. The maximum atomic E-state index is 12.2. The Morgan fingerprint density at radius 1 is 1.34 bits per heavy atom. The molecule has 0 bridgehead atoms. The number of hydrogen-bond acceptors (Lipinski definition) is 7. The lowest BCUT2D eigenvalue weighted by atomic mass is 10.1. The number of aromatic nitrogens is 5. The fraction of sp³-hybridized carbons (Fsp3) is 0.348. The molecule has 1 unspecified atom stereocenters. The summed E-state index contributed by atoms with van der Waals surface area (Å²) in [6.07, 6.45) is 6.49. The average Bonchev–Trinajstić information content (AvgIpc) is 3.22. The van der Waals surface area contributed by atoms with Gasteiger partial charge in [0.05, 0.1) is 30.3 Å². The number of nitrogens with zero attached hydrogens (tertiary/aromatic N) is 5. The monoisotopic (exact) mass is 432 g/mol. The number of anilines is 1. The lowest BCUT2D eigenvalue weighted by Crippen LogP contribution is -2.39. The van der Waals surface area contributed by atoms with Crippen LogP contribution in [0, 0.1) is 6.92 Å². The maximum absolute atomic E-state index is 12.2. The molecule has 9 heteroatoms. The first-order valence-corrected chi connectivity index (χ1v) is 10.8. The van der Waals surface area contributed by atoms with Gasteiger partial charge in [-0.2, -0.15) is 0 Å². The van der Waals surface area contributed by atoms with E-state index in [1.54, 1.807) is 12.3 Å². The van der Waals surface area contributed by atoms with Crippen LogP contribution in [-0.2, 0) is 9.53 Å². The molecule has 0 aliphatic carbocycles. The van der Waals surface area contributed by atoms with Gasteiger partial charge in [-0.25, -0.2) is 15.0 Å². The van der Waals surface area contributed by atoms with Crippen molar-refractivity contribution in [2.24, 2.45) is 0 Å². The van der Waals surface area contributed by atoms with Crippen LogP contribution in [0.5, 0.6) is 0 Å². The van der Waals surface area contributed by atoms with Crippen LogP contribution in [0.4, 0.5) is 5.82 Å². The maximum Gasteiger partial charge on any atom is 0.254 e. The zero-order chi connectivity index (χ0) is 22.2. The van der Waals surface area contributed by atoms with Gasteiger partial charge in [0.25, 0.3) is 5.91 Å². The Labute approximate surface area is 184 Å². The molecule has 0 aromatic carbocycles. The molecule has 9 nitrogen and oxygen atoms in total. The van der Waals surface area contributed by atoms with E-state index >= 15 is 0 Å². The highest BCUT2D eigenvalue weighted by Gasteiger charge is 2.27. The van der Waals surface area contributed by atoms with Crippen LogP contribution in [0.25, 0.3) is 28.1 Å². The van der Waals surface area contributed by atoms with Crippen LogP contribution in [0.3, 0.4) is 0 Å². The quantitative estimate of drug-likeness (QED) is 0.481. The van der Waals surface area contributed by atoms with Crippen molar-refractivity contribution >= 4 is 22.6 Å². The number of aryl methyl sites for hydroxylation is 1. The van der Waals surface area contributed by atoms with Gasteiger partial charge in [-0.05, 0) is 37.1 Å². The molecule has 32 heavy (non-hydrogen) atoms. The Bertz CT molecular complexity index is 1270. The summed E-state index contributed by atoms with van der Waals surface area (Å²) in [4.78, 5) is 30.2. The van der Waals surface area contributed by atoms with Crippen molar-refractivity contribution < 1.29 is 14.6 Å². The molecule has 1 saturated heterocycles. The first-order chi connectivity index (χ1) is 15.5. The fourth-order valence-electron chi connectivity index (χ4n) is 3.90. The van der Waals surface area contributed by atoms with Crippen LogP contribution in [-0.4, -0.2) is 48.2 Å². The van der Waals surface area contributed by atoms with Gasteiger partial charge in [0, 0.05) is 18.0 Å². The van der Waals surface area contributed by atoms with Crippen LogP contribution in [0.1, 0.15) is 43.5 Å². The van der Waals surface area contributed by atoms with E-state index in [-0.39, 0.29) is 5.91 Å².